The number of urea groups is 1. The maximum Gasteiger partial charge on any atom is 0.334 e. The third-order valence-corrected chi connectivity index (χ3v) is 5.46. The van der Waals surface area contributed by atoms with Crippen LogP contribution in [0.2, 0.25) is 0 Å². The van der Waals surface area contributed by atoms with E-state index < -0.39 is 30.3 Å². The van der Waals surface area contributed by atoms with Crippen molar-refractivity contribution in [3.63, 3.8) is 0 Å². The molecule has 2 aliphatic rings. The molecule has 1 aliphatic carbocycles. The number of nitrogens with zero attached hydrogens (tertiary/aromatic N) is 2. The SMILES string of the molecule is C[C@H](NC(=O)CN1C(=O)C(=O)N([C@@H]2CCCC[C@H]2C)C1=O)c1ccccc1. The number of hydrogen-bond acceptors (Lipinski definition) is 4. The Morgan fingerprint density at radius 1 is 1.11 bits per heavy atom. The quantitative estimate of drug-likeness (QED) is 0.635. The van der Waals surface area contributed by atoms with Gasteiger partial charge in [0.05, 0.1) is 6.04 Å². The Kier molecular flexibility index (Phi) is 5.58. The fourth-order valence-corrected chi connectivity index (χ4v) is 3.89. The van der Waals surface area contributed by atoms with E-state index in [1.54, 1.807) is 0 Å². The number of nitrogens with one attached hydrogen (secondary N) is 1. The van der Waals surface area contributed by atoms with Crippen LogP contribution in [0.15, 0.2) is 30.3 Å². The Morgan fingerprint density at radius 2 is 1.78 bits per heavy atom. The van der Waals surface area contributed by atoms with Crippen LogP contribution in [0.25, 0.3) is 0 Å². The largest absolute Gasteiger partial charge is 0.348 e. The Bertz CT molecular complexity index is 749. The molecule has 1 aromatic carbocycles. The molecule has 2 fully saturated rings. The number of carbonyl (C=O) groups excluding carboxylic acids is 4. The Balaban J connectivity index is 1.66. The number of amides is 5. The molecule has 0 radical (unpaired) electrons. The van der Waals surface area contributed by atoms with Crippen molar-refractivity contribution in [2.45, 2.75) is 51.6 Å². The van der Waals surface area contributed by atoms with Crippen molar-refractivity contribution in [2.24, 2.45) is 5.92 Å². The first-order chi connectivity index (χ1) is 12.9. The molecule has 0 unspecified atom stereocenters. The molecular weight excluding hydrogens is 346 g/mol. The summed E-state index contributed by atoms with van der Waals surface area (Å²) in [6, 6.07) is 8.17. The molecule has 1 saturated carbocycles. The van der Waals surface area contributed by atoms with Crippen LogP contribution in [0.3, 0.4) is 0 Å². The molecule has 1 aromatic rings. The average Bonchev–Trinajstić information content (AvgIpc) is 2.86. The van der Waals surface area contributed by atoms with Crippen LogP contribution in [-0.2, 0) is 14.4 Å². The maximum absolute atomic E-state index is 12.7. The summed E-state index contributed by atoms with van der Waals surface area (Å²) in [4.78, 5) is 51.5. The van der Waals surface area contributed by atoms with Gasteiger partial charge in [-0.15, -0.1) is 0 Å². The van der Waals surface area contributed by atoms with Gasteiger partial charge in [-0.25, -0.2) is 9.69 Å². The van der Waals surface area contributed by atoms with E-state index in [-0.39, 0.29) is 18.0 Å². The standard InChI is InChI=1S/C20H25N3O4/c1-13-8-6-7-11-16(13)23-19(26)18(25)22(20(23)27)12-17(24)21-14(2)15-9-4-3-5-10-15/h3-5,9-10,13-14,16H,6-8,11-12H2,1-2H3,(H,21,24)/t13-,14+,16-/m1/s1. The summed E-state index contributed by atoms with van der Waals surface area (Å²) < 4.78 is 0. The summed E-state index contributed by atoms with van der Waals surface area (Å²) in [5.74, 6) is -2.05. The highest BCUT2D eigenvalue weighted by atomic mass is 16.2. The highest BCUT2D eigenvalue weighted by molar-refractivity contribution is 6.45. The van der Waals surface area contributed by atoms with Crippen LogP contribution >= 0.6 is 0 Å². The molecule has 0 bridgehead atoms. The zero-order valence-corrected chi connectivity index (χ0v) is 15.7. The monoisotopic (exact) mass is 371 g/mol. The van der Waals surface area contributed by atoms with Crippen LogP contribution < -0.4 is 5.32 Å². The minimum absolute atomic E-state index is 0.159. The number of rotatable bonds is 5. The fraction of sp³-hybridized carbons (Fsp3) is 0.500. The summed E-state index contributed by atoms with van der Waals surface area (Å²) in [6.45, 7) is 3.37. The fourth-order valence-electron chi connectivity index (χ4n) is 3.89. The third kappa shape index (κ3) is 3.86. The van der Waals surface area contributed by atoms with Gasteiger partial charge in [-0.05, 0) is 31.2 Å². The van der Waals surface area contributed by atoms with Gasteiger partial charge in [0.25, 0.3) is 0 Å². The normalized spacial score (nSPS) is 24.3. The molecule has 1 aliphatic heterocycles. The predicted molar refractivity (Wildman–Crippen MR) is 98.4 cm³/mol. The van der Waals surface area contributed by atoms with Crippen LogP contribution in [0.5, 0.6) is 0 Å². The van der Waals surface area contributed by atoms with Crippen LogP contribution in [0.4, 0.5) is 4.79 Å². The van der Waals surface area contributed by atoms with Gasteiger partial charge in [0.1, 0.15) is 6.54 Å². The highest BCUT2D eigenvalue weighted by Crippen LogP contribution is 2.31. The third-order valence-electron chi connectivity index (χ3n) is 5.46. The second-order valence-electron chi connectivity index (χ2n) is 7.38. The van der Waals surface area contributed by atoms with E-state index in [2.05, 4.69) is 5.32 Å². The van der Waals surface area contributed by atoms with Gasteiger partial charge in [0.2, 0.25) is 5.91 Å². The molecule has 1 saturated heterocycles. The lowest BCUT2D eigenvalue weighted by molar-refractivity contribution is -0.145. The predicted octanol–water partition coefficient (Wildman–Crippen LogP) is 2.23. The average molecular weight is 371 g/mol. The molecule has 0 aromatic heterocycles. The lowest BCUT2D eigenvalue weighted by atomic mass is 9.85. The van der Waals surface area contributed by atoms with Crippen LogP contribution in [-0.4, -0.2) is 46.1 Å². The second-order valence-corrected chi connectivity index (χ2v) is 7.38. The molecule has 144 valence electrons. The zero-order valence-electron chi connectivity index (χ0n) is 15.7. The first-order valence-corrected chi connectivity index (χ1v) is 9.43. The van der Waals surface area contributed by atoms with Crippen molar-refractivity contribution in [1.29, 1.82) is 0 Å². The van der Waals surface area contributed by atoms with E-state index in [1.165, 1.54) is 0 Å². The van der Waals surface area contributed by atoms with Gasteiger partial charge >= 0.3 is 17.8 Å². The van der Waals surface area contributed by atoms with Crippen molar-refractivity contribution in [1.82, 2.24) is 15.1 Å². The first-order valence-electron chi connectivity index (χ1n) is 9.43. The summed E-state index contributed by atoms with van der Waals surface area (Å²) in [5.41, 5.74) is 0.915. The zero-order chi connectivity index (χ0) is 19.6. The number of hydrogen-bond donors (Lipinski definition) is 1. The van der Waals surface area contributed by atoms with Crippen molar-refractivity contribution in [3.05, 3.63) is 35.9 Å². The lowest BCUT2D eigenvalue weighted by Gasteiger charge is -2.34. The molecule has 1 N–H and O–H groups in total. The maximum atomic E-state index is 12.7. The van der Waals surface area contributed by atoms with Gasteiger partial charge in [-0.2, -0.15) is 0 Å². The van der Waals surface area contributed by atoms with E-state index in [9.17, 15) is 19.2 Å². The van der Waals surface area contributed by atoms with E-state index in [4.69, 9.17) is 0 Å². The first kappa shape index (κ1) is 19.1. The van der Waals surface area contributed by atoms with E-state index in [0.29, 0.717) is 6.42 Å². The molecule has 27 heavy (non-hydrogen) atoms. The summed E-state index contributed by atoms with van der Waals surface area (Å²) in [6.07, 6.45) is 3.61. The topological polar surface area (TPSA) is 86.8 Å². The smallest absolute Gasteiger partial charge is 0.334 e. The number of imide groups is 2. The molecule has 5 amide bonds. The molecule has 0 spiro atoms. The van der Waals surface area contributed by atoms with E-state index in [0.717, 1.165) is 34.6 Å². The van der Waals surface area contributed by atoms with Crippen LogP contribution in [0, 0.1) is 5.92 Å². The van der Waals surface area contributed by atoms with Gasteiger partial charge < -0.3 is 5.32 Å². The van der Waals surface area contributed by atoms with Crippen molar-refractivity contribution in [2.75, 3.05) is 6.54 Å². The minimum atomic E-state index is -0.916. The summed E-state index contributed by atoms with van der Waals surface area (Å²) in [5, 5.41) is 2.77. The summed E-state index contributed by atoms with van der Waals surface area (Å²) >= 11 is 0. The minimum Gasteiger partial charge on any atom is -0.348 e. The van der Waals surface area contributed by atoms with Crippen LogP contribution in [0.1, 0.15) is 51.1 Å². The van der Waals surface area contributed by atoms with Crippen molar-refractivity contribution in [3.8, 4) is 0 Å². The molecular formula is C20H25N3O4. The Hall–Kier alpha value is -2.70. The lowest BCUT2D eigenvalue weighted by Crippen LogP contribution is -2.47. The van der Waals surface area contributed by atoms with Gasteiger partial charge in [-0.3, -0.25) is 19.3 Å². The molecule has 3 rings (SSSR count). The molecule has 1 heterocycles. The Labute approximate surface area is 158 Å². The van der Waals surface area contributed by atoms with Gasteiger partial charge in [0, 0.05) is 6.04 Å². The highest BCUT2D eigenvalue weighted by Gasteiger charge is 2.49. The van der Waals surface area contributed by atoms with Gasteiger partial charge in [0.15, 0.2) is 0 Å². The number of carbonyl (C=O) groups is 4. The Morgan fingerprint density at radius 3 is 2.44 bits per heavy atom. The van der Waals surface area contributed by atoms with E-state index in [1.807, 2.05) is 44.2 Å². The van der Waals surface area contributed by atoms with Gasteiger partial charge in [-0.1, -0.05) is 50.1 Å². The number of benzene rings is 1. The van der Waals surface area contributed by atoms with Crippen molar-refractivity contribution >= 4 is 23.8 Å². The summed E-state index contributed by atoms with van der Waals surface area (Å²) in [7, 11) is 0. The second kappa shape index (κ2) is 7.90. The molecule has 7 heteroatoms. The van der Waals surface area contributed by atoms with Crippen molar-refractivity contribution < 1.29 is 19.2 Å². The molecule has 7 nitrogen and oxygen atoms in total. The molecule has 3 atom stereocenters. The van der Waals surface area contributed by atoms with E-state index >= 15 is 0 Å².